The number of nitrogens with one attached hydrogen (secondary N) is 2. The van der Waals surface area contributed by atoms with Crippen LogP contribution in [0.2, 0.25) is 0 Å². The average Bonchev–Trinajstić information content (AvgIpc) is 3.49. The van der Waals surface area contributed by atoms with Crippen LogP contribution in [0, 0.1) is 10.8 Å². The summed E-state index contributed by atoms with van der Waals surface area (Å²) < 4.78 is 4.97. The van der Waals surface area contributed by atoms with Crippen LogP contribution in [0.3, 0.4) is 0 Å². The molecule has 6 heteroatoms. The Kier molecular flexibility index (Phi) is 3.83. The standard InChI is InChI=1S/C20H20N4O2/c1-26-19(25)20(6-7-20)16-9-15(10-23-11-16)13-2-4-17-14(8-13)3-5-18(22)24(17)12-21/h2,4,8-12,21-22H,3,5-7H2,1H3. The predicted molar refractivity (Wildman–Crippen MR) is 99.9 cm³/mol. The number of aryl methyl sites for hydroxylation is 1. The van der Waals surface area contributed by atoms with Gasteiger partial charge < -0.3 is 4.74 Å². The van der Waals surface area contributed by atoms with Crippen LogP contribution in [0.15, 0.2) is 36.7 Å². The number of anilines is 1. The summed E-state index contributed by atoms with van der Waals surface area (Å²) in [4.78, 5) is 18.1. The van der Waals surface area contributed by atoms with Gasteiger partial charge in [0.15, 0.2) is 0 Å². The molecule has 1 aromatic heterocycles. The van der Waals surface area contributed by atoms with Gasteiger partial charge in [0, 0.05) is 24.4 Å². The van der Waals surface area contributed by atoms with E-state index in [1.807, 2.05) is 18.2 Å². The fourth-order valence-corrected chi connectivity index (χ4v) is 3.66. The van der Waals surface area contributed by atoms with E-state index < -0.39 is 5.41 Å². The van der Waals surface area contributed by atoms with E-state index in [9.17, 15) is 4.79 Å². The molecule has 6 nitrogen and oxygen atoms in total. The number of carbonyl (C=O) groups excluding carboxylic acids is 1. The van der Waals surface area contributed by atoms with E-state index >= 15 is 0 Å². The minimum Gasteiger partial charge on any atom is -0.468 e. The van der Waals surface area contributed by atoms with Crippen LogP contribution in [0.5, 0.6) is 0 Å². The molecule has 2 N–H and O–H groups in total. The van der Waals surface area contributed by atoms with E-state index in [-0.39, 0.29) is 5.97 Å². The second kappa shape index (κ2) is 6.05. The Hall–Kier alpha value is -3.02. The number of carbonyl (C=O) groups is 1. The predicted octanol–water partition coefficient (Wildman–Crippen LogP) is 3.29. The van der Waals surface area contributed by atoms with E-state index in [4.69, 9.17) is 15.6 Å². The first-order valence-electron chi connectivity index (χ1n) is 8.63. The fourth-order valence-electron chi connectivity index (χ4n) is 3.66. The van der Waals surface area contributed by atoms with Crippen LogP contribution in [0.1, 0.15) is 30.4 Å². The van der Waals surface area contributed by atoms with Gasteiger partial charge in [-0.25, -0.2) is 0 Å². The molecule has 2 aromatic rings. The van der Waals surface area contributed by atoms with Crippen molar-refractivity contribution in [2.45, 2.75) is 31.1 Å². The van der Waals surface area contributed by atoms with Crippen molar-refractivity contribution in [1.82, 2.24) is 4.98 Å². The van der Waals surface area contributed by atoms with Crippen molar-refractivity contribution in [2.24, 2.45) is 0 Å². The van der Waals surface area contributed by atoms with Gasteiger partial charge in [-0.15, -0.1) is 0 Å². The molecule has 132 valence electrons. The third kappa shape index (κ3) is 2.49. The Morgan fingerprint density at radius 1 is 1.23 bits per heavy atom. The average molecular weight is 348 g/mol. The Morgan fingerprint density at radius 3 is 2.73 bits per heavy atom. The highest BCUT2D eigenvalue weighted by molar-refractivity contribution is 6.11. The lowest BCUT2D eigenvalue weighted by Gasteiger charge is -2.28. The third-order valence-corrected chi connectivity index (χ3v) is 5.34. The van der Waals surface area contributed by atoms with Gasteiger partial charge in [0.1, 0.15) is 5.84 Å². The van der Waals surface area contributed by atoms with Gasteiger partial charge in [-0.2, -0.15) is 0 Å². The Bertz CT molecular complexity index is 918. The maximum Gasteiger partial charge on any atom is 0.316 e. The molecule has 0 atom stereocenters. The Morgan fingerprint density at radius 2 is 2.04 bits per heavy atom. The van der Waals surface area contributed by atoms with Gasteiger partial charge in [0.05, 0.1) is 24.6 Å². The second-order valence-corrected chi connectivity index (χ2v) is 6.83. The maximum absolute atomic E-state index is 12.1. The minimum atomic E-state index is -0.530. The zero-order valence-corrected chi connectivity index (χ0v) is 14.6. The number of amidine groups is 1. The molecule has 0 amide bonds. The number of aromatic nitrogens is 1. The lowest BCUT2D eigenvalue weighted by Crippen LogP contribution is -2.32. The van der Waals surface area contributed by atoms with Crippen molar-refractivity contribution in [3.8, 4) is 11.1 Å². The normalized spacial score (nSPS) is 17.4. The highest BCUT2D eigenvalue weighted by Gasteiger charge is 2.52. The molecule has 26 heavy (non-hydrogen) atoms. The summed E-state index contributed by atoms with van der Waals surface area (Å²) in [5.74, 6) is 0.250. The van der Waals surface area contributed by atoms with Crippen molar-refractivity contribution in [3.05, 3.63) is 47.8 Å². The van der Waals surface area contributed by atoms with Gasteiger partial charge in [0.2, 0.25) is 0 Å². The summed E-state index contributed by atoms with van der Waals surface area (Å²) in [5, 5.41) is 15.5. The molecule has 0 radical (unpaired) electrons. The zero-order valence-electron chi connectivity index (χ0n) is 14.6. The van der Waals surface area contributed by atoms with E-state index in [0.29, 0.717) is 12.3 Å². The molecular weight excluding hydrogens is 328 g/mol. The van der Waals surface area contributed by atoms with Crippen molar-refractivity contribution >= 4 is 23.8 Å². The third-order valence-electron chi connectivity index (χ3n) is 5.34. The summed E-state index contributed by atoms with van der Waals surface area (Å²) in [5.41, 5.74) is 4.36. The van der Waals surface area contributed by atoms with Crippen molar-refractivity contribution in [1.29, 1.82) is 10.8 Å². The van der Waals surface area contributed by atoms with E-state index in [2.05, 4.69) is 11.1 Å². The number of hydrogen-bond donors (Lipinski definition) is 2. The Labute approximate surface area is 151 Å². The number of pyridine rings is 1. The van der Waals surface area contributed by atoms with Crippen molar-refractivity contribution in [2.75, 3.05) is 12.0 Å². The van der Waals surface area contributed by atoms with Crippen LogP contribution in [-0.4, -0.2) is 30.2 Å². The number of nitrogens with zero attached hydrogens (tertiary/aromatic N) is 2. The number of rotatable bonds is 4. The molecule has 2 heterocycles. The first-order valence-corrected chi connectivity index (χ1v) is 8.63. The monoisotopic (exact) mass is 348 g/mol. The molecule has 1 saturated carbocycles. The lowest BCUT2D eigenvalue weighted by atomic mass is 9.93. The topological polar surface area (TPSA) is 90.1 Å². The summed E-state index contributed by atoms with van der Waals surface area (Å²) in [6, 6.07) is 8.05. The molecule has 0 spiro atoms. The van der Waals surface area contributed by atoms with E-state index in [1.165, 1.54) is 13.4 Å². The smallest absolute Gasteiger partial charge is 0.316 e. The summed E-state index contributed by atoms with van der Waals surface area (Å²) in [6.07, 6.45) is 7.75. The molecule has 0 saturated heterocycles. The van der Waals surface area contributed by atoms with Gasteiger partial charge in [-0.1, -0.05) is 6.07 Å². The van der Waals surface area contributed by atoms with Crippen LogP contribution in [0.4, 0.5) is 5.69 Å². The molecule has 4 rings (SSSR count). The number of esters is 1. The quantitative estimate of drug-likeness (QED) is 0.504. The van der Waals surface area contributed by atoms with E-state index in [1.54, 1.807) is 17.3 Å². The van der Waals surface area contributed by atoms with Crippen molar-refractivity contribution in [3.63, 3.8) is 0 Å². The van der Waals surface area contributed by atoms with Gasteiger partial charge in [-0.3, -0.25) is 25.5 Å². The molecule has 0 unspecified atom stereocenters. The SMILES string of the molecule is COC(=O)C1(c2cncc(-c3ccc4c(c3)CCC(=N)N4C=N)c2)CC1. The lowest BCUT2D eigenvalue weighted by molar-refractivity contribution is -0.143. The first kappa shape index (κ1) is 16.4. The van der Waals surface area contributed by atoms with Crippen LogP contribution >= 0.6 is 0 Å². The molecule has 1 aliphatic heterocycles. The number of fused-ring (bicyclic) bond motifs is 1. The number of benzene rings is 1. The molecule has 1 aliphatic carbocycles. The zero-order chi connectivity index (χ0) is 18.3. The fraction of sp³-hybridized carbons (Fsp3) is 0.300. The van der Waals surface area contributed by atoms with Crippen LogP contribution < -0.4 is 4.90 Å². The molecular formula is C20H20N4O2. The van der Waals surface area contributed by atoms with Gasteiger partial charge in [-0.05, 0) is 54.2 Å². The van der Waals surface area contributed by atoms with Crippen molar-refractivity contribution < 1.29 is 9.53 Å². The molecule has 2 aliphatic rings. The molecule has 1 fully saturated rings. The molecule has 1 aromatic carbocycles. The minimum absolute atomic E-state index is 0.193. The highest BCUT2D eigenvalue weighted by atomic mass is 16.5. The van der Waals surface area contributed by atoms with Crippen LogP contribution in [-0.2, 0) is 21.4 Å². The second-order valence-electron chi connectivity index (χ2n) is 6.83. The highest BCUT2D eigenvalue weighted by Crippen LogP contribution is 2.49. The number of hydrogen-bond acceptors (Lipinski definition) is 5. The summed E-state index contributed by atoms with van der Waals surface area (Å²) >= 11 is 0. The largest absolute Gasteiger partial charge is 0.468 e. The maximum atomic E-state index is 12.1. The van der Waals surface area contributed by atoms with Crippen LogP contribution in [0.25, 0.3) is 11.1 Å². The number of ether oxygens (including phenoxy) is 1. The van der Waals surface area contributed by atoms with Gasteiger partial charge >= 0.3 is 5.97 Å². The summed E-state index contributed by atoms with van der Waals surface area (Å²) in [7, 11) is 1.43. The Balaban J connectivity index is 1.71. The van der Waals surface area contributed by atoms with Gasteiger partial charge in [0.25, 0.3) is 0 Å². The van der Waals surface area contributed by atoms with E-state index in [0.717, 1.165) is 47.2 Å². The number of methoxy groups -OCH3 is 1. The first-order chi connectivity index (χ1) is 12.6. The summed E-state index contributed by atoms with van der Waals surface area (Å²) in [6.45, 7) is 0. The molecule has 0 bridgehead atoms.